The largest absolute Gasteiger partial charge is 0.315 e. The van der Waals surface area contributed by atoms with E-state index in [0.29, 0.717) is 18.1 Å². The molecule has 4 nitrogen and oxygen atoms in total. The number of thiol groups is 1. The lowest BCUT2D eigenvalue weighted by Gasteiger charge is -2.23. The summed E-state index contributed by atoms with van der Waals surface area (Å²) in [7, 11) is 0. The van der Waals surface area contributed by atoms with E-state index in [0.717, 1.165) is 38.5 Å². The van der Waals surface area contributed by atoms with Gasteiger partial charge in [0.1, 0.15) is 0 Å². The van der Waals surface area contributed by atoms with Gasteiger partial charge in [-0.1, -0.05) is 13.8 Å². The lowest BCUT2D eigenvalue weighted by molar-refractivity contribution is 0.427. The van der Waals surface area contributed by atoms with Gasteiger partial charge in [-0.25, -0.2) is 0 Å². The van der Waals surface area contributed by atoms with E-state index in [4.69, 9.17) is 0 Å². The molecule has 5 heteroatoms. The van der Waals surface area contributed by atoms with E-state index in [1.54, 1.807) is 0 Å². The van der Waals surface area contributed by atoms with Crippen LogP contribution in [0.4, 0.5) is 0 Å². The summed E-state index contributed by atoms with van der Waals surface area (Å²) in [4.78, 5) is 0. The first-order valence-corrected chi connectivity index (χ1v) is 7.78. The van der Waals surface area contributed by atoms with Crippen LogP contribution < -0.4 is 21.3 Å². The monoisotopic (exact) mass is 276 g/mol. The zero-order valence-corrected chi connectivity index (χ0v) is 13.3. The Kier molecular flexibility index (Phi) is 12.4. The van der Waals surface area contributed by atoms with Crippen LogP contribution in [0.25, 0.3) is 0 Å². The molecule has 18 heavy (non-hydrogen) atoms. The van der Waals surface area contributed by atoms with Gasteiger partial charge in [0, 0.05) is 43.5 Å². The molecular formula is C13H32N4S. The minimum absolute atomic E-state index is 0.429. The molecule has 0 aliphatic heterocycles. The fourth-order valence-electron chi connectivity index (χ4n) is 1.74. The van der Waals surface area contributed by atoms with E-state index in [1.807, 2.05) is 0 Å². The summed E-state index contributed by atoms with van der Waals surface area (Å²) in [6.07, 6.45) is 0. The molecule has 4 N–H and O–H groups in total. The van der Waals surface area contributed by atoms with Crippen molar-refractivity contribution in [2.45, 2.75) is 45.8 Å². The second-order valence-corrected chi connectivity index (χ2v) is 5.23. The molecule has 0 amide bonds. The van der Waals surface area contributed by atoms with Gasteiger partial charge in [-0.15, -0.1) is 0 Å². The second kappa shape index (κ2) is 12.2. The van der Waals surface area contributed by atoms with Gasteiger partial charge in [0.05, 0.1) is 0 Å². The van der Waals surface area contributed by atoms with Crippen molar-refractivity contribution < 1.29 is 0 Å². The van der Waals surface area contributed by atoms with Crippen LogP contribution in [-0.2, 0) is 0 Å². The topological polar surface area (TPSA) is 48.1 Å². The van der Waals surface area contributed by atoms with Crippen LogP contribution in [0.3, 0.4) is 0 Å². The molecule has 3 unspecified atom stereocenters. The molecule has 0 radical (unpaired) electrons. The van der Waals surface area contributed by atoms with Crippen LogP contribution >= 0.6 is 12.6 Å². The Bertz CT molecular complexity index is 180. The highest BCUT2D eigenvalue weighted by molar-refractivity contribution is 7.80. The first kappa shape index (κ1) is 18.2. The summed E-state index contributed by atoms with van der Waals surface area (Å²) < 4.78 is 0. The molecular weight excluding hydrogens is 244 g/mol. The van der Waals surface area contributed by atoms with Crippen molar-refractivity contribution in [1.29, 1.82) is 0 Å². The minimum atomic E-state index is 0.429. The molecule has 0 aromatic carbocycles. The zero-order chi connectivity index (χ0) is 13.8. The fourth-order valence-corrected chi connectivity index (χ4v) is 2.00. The number of nitrogens with one attached hydrogen (secondary N) is 4. The molecule has 0 rings (SSSR count). The Morgan fingerprint density at radius 2 is 1.50 bits per heavy atom. The zero-order valence-electron chi connectivity index (χ0n) is 12.4. The number of hydrogen-bond donors (Lipinski definition) is 5. The lowest BCUT2D eigenvalue weighted by Crippen LogP contribution is -2.48. The maximum Gasteiger partial charge on any atom is 0.0281 e. The highest BCUT2D eigenvalue weighted by Gasteiger charge is 2.09. The predicted octanol–water partition coefficient (Wildman–Crippen LogP) is 0.460. The van der Waals surface area contributed by atoms with E-state index >= 15 is 0 Å². The highest BCUT2D eigenvalue weighted by Crippen LogP contribution is 1.90. The maximum atomic E-state index is 4.40. The van der Waals surface area contributed by atoms with Crippen LogP contribution in [0.5, 0.6) is 0 Å². The van der Waals surface area contributed by atoms with Gasteiger partial charge >= 0.3 is 0 Å². The third kappa shape index (κ3) is 10.1. The quantitative estimate of drug-likeness (QED) is 0.336. The van der Waals surface area contributed by atoms with Crippen molar-refractivity contribution in [2.24, 2.45) is 0 Å². The van der Waals surface area contributed by atoms with Gasteiger partial charge in [-0.05, 0) is 26.9 Å². The van der Waals surface area contributed by atoms with Gasteiger partial charge in [-0.2, -0.15) is 12.6 Å². The van der Waals surface area contributed by atoms with Gasteiger partial charge < -0.3 is 21.3 Å². The first-order valence-electron chi connectivity index (χ1n) is 7.15. The molecule has 0 fully saturated rings. The summed E-state index contributed by atoms with van der Waals surface area (Å²) in [5.41, 5.74) is 0. The average molecular weight is 276 g/mol. The third-order valence-electron chi connectivity index (χ3n) is 2.90. The average Bonchev–Trinajstić information content (AvgIpc) is 2.36. The van der Waals surface area contributed by atoms with Crippen LogP contribution in [0, 0.1) is 0 Å². The molecule has 0 spiro atoms. The Hall–Kier alpha value is 0.190. The first-order chi connectivity index (χ1) is 8.63. The third-order valence-corrected chi connectivity index (χ3v) is 3.34. The van der Waals surface area contributed by atoms with Gasteiger partial charge in [0.15, 0.2) is 0 Å². The standard InChI is InChI=1S/C13H32N4S/c1-5-14-7-11(3)16-9-13(10-18)17-8-12(4)15-6-2/h11-18H,5-10H2,1-4H3. The van der Waals surface area contributed by atoms with Crippen molar-refractivity contribution in [3.05, 3.63) is 0 Å². The van der Waals surface area contributed by atoms with Gasteiger partial charge in [0.25, 0.3) is 0 Å². The Morgan fingerprint density at radius 1 is 0.833 bits per heavy atom. The number of hydrogen-bond acceptors (Lipinski definition) is 5. The highest BCUT2D eigenvalue weighted by atomic mass is 32.1. The van der Waals surface area contributed by atoms with Crippen molar-refractivity contribution in [3.63, 3.8) is 0 Å². The van der Waals surface area contributed by atoms with E-state index in [-0.39, 0.29) is 0 Å². The Balaban J connectivity index is 3.69. The van der Waals surface area contributed by atoms with Crippen molar-refractivity contribution >= 4 is 12.6 Å². The molecule has 0 aliphatic rings. The van der Waals surface area contributed by atoms with Gasteiger partial charge in [0.2, 0.25) is 0 Å². The smallest absolute Gasteiger partial charge is 0.0281 e. The summed E-state index contributed by atoms with van der Waals surface area (Å²) in [5, 5.41) is 13.8. The Morgan fingerprint density at radius 3 is 2.06 bits per heavy atom. The molecule has 0 heterocycles. The predicted molar refractivity (Wildman–Crippen MR) is 84.8 cm³/mol. The van der Waals surface area contributed by atoms with E-state index in [9.17, 15) is 0 Å². The number of rotatable bonds is 12. The molecule has 0 saturated carbocycles. The van der Waals surface area contributed by atoms with Crippen molar-refractivity contribution in [2.75, 3.05) is 38.5 Å². The SMILES string of the molecule is CCNCC(C)NCC(CS)NCC(C)NCC. The number of likely N-dealkylation sites (N-methyl/N-ethyl adjacent to an activating group) is 2. The molecule has 0 aliphatic carbocycles. The minimum Gasteiger partial charge on any atom is -0.315 e. The summed E-state index contributed by atoms with van der Waals surface area (Å²) in [6, 6.07) is 1.44. The van der Waals surface area contributed by atoms with Crippen LogP contribution in [-0.4, -0.2) is 56.6 Å². The van der Waals surface area contributed by atoms with Crippen LogP contribution in [0.1, 0.15) is 27.7 Å². The molecule has 0 saturated heterocycles. The van der Waals surface area contributed by atoms with Crippen molar-refractivity contribution in [1.82, 2.24) is 21.3 Å². The summed E-state index contributed by atoms with van der Waals surface area (Å²) in [5.74, 6) is 0.861. The second-order valence-electron chi connectivity index (χ2n) is 4.86. The normalized spacial score (nSPS) is 16.5. The molecule has 110 valence electrons. The van der Waals surface area contributed by atoms with E-state index in [1.165, 1.54) is 0 Å². The lowest BCUT2D eigenvalue weighted by atomic mass is 10.2. The summed E-state index contributed by atoms with van der Waals surface area (Å²) in [6.45, 7) is 13.7. The van der Waals surface area contributed by atoms with Crippen LogP contribution in [0.2, 0.25) is 0 Å². The maximum absolute atomic E-state index is 4.40. The summed E-state index contributed by atoms with van der Waals surface area (Å²) >= 11 is 4.40. The molecule has 0 aromatic heterocycles. The molecule has 0 bridgehead atoms. The molecule has 0 aromatic rings. The van der Waals surface area contributed by atoms with E-state index < -0.39 is 0 Å². The van der Waals surface area contributed by atoms with Crippen molar-refractivity contribution in [3.8, 4) is 0 Å². The fraction of sp³-hybridized carbons (Fsp3) is 1.00. The van der Waals surface area contributed by atoms with E-state index in [2.05, 4.69) is 61.6 Å². The van der Waals surface area contributed by atoms with Gasteiger partial charge in [-0.3, -0.25) is 0 Å². The van der Waals surface area contributed by atoms with Crippen LogP contribution in [0.15, 0.2) is 0 Å². The Labute approximate surface area is 118 Å². The molecule has 3 atom stereocenters.